The van der Waals surface area contributed by atoms with Crippen LogP contribution in [0.4, 0.5) is 5.82 Å². The predicted octanol–water partition coefficient (Wildman–Crippen LogP) is 2.68. The molecule has 15 heavy (non-hydrogen) atoms. The van der Waals surface area contributed by atoms with Gasteiger partial charge in [0.15, 0.2) is 0 Å². The topological polar surface area (TPSA) is 37.8 Å². The van der Waals surface area contributed by atoms with Gasteiger partial charge < -0.3 is 5.32 Å². The largest absolute Gasteiger partial charge is 0.369 e. The van der Waals surface area contributed by atoms with Crippen LogP contribution < -0.4 is 5.32 Å². The molecule has 0 aliphatic heterocycles. The van der Waals surface area contributed by atoms with Crippen LogP contribution in [0.2, 0.25) is 0 Å². The lowest BCUT2D eigenvalue weighted by Gasteiger charge is -2.15. The van der Waals surface area contributed by atoms with E-state index in [2.05, 4.69) is 37.9 Å². The molecule has 0 atom stereocenters. The van der Waals surface area contributed by atoms with Gasteiger partial charge >= 0.3 is 0 Å². The Morgan fingerprint density at radius 3 is 2.87 bits per heavy atom. The second kappa shape index (κ2) is 3.57. The lowest BCUT2D eigenvalue weighted by Crippen LogP contribution is -2.18. The molecule has 0 radical (unpaired) electrons. The maximum absolute atomic E-state index is 4.26. The summed E-state index contributed by atoms with van der Waals surface area (Å²) in [6.45, 7) is 1.10. The third-order valence-electron chi connectivity index (χ3n) is 3.61. The molecule has 4 heteroatoms. The van der Waals surface area contributed by atoms with E-state index < -0.39 is 0 Å². The number of nitrogens with one attached hydrogen (secondary N) is 1. The van der Waals surface area contributed by atoms with E-state index in [1.807, 2.05) is 6.20 Å². The minimum absolute atomic E-state index is 0.633. The SMILES string of the molecule is Ic1cncnc1NCC1(C2CC2)CC1. The average Bonchev–Trinajstić information content (AvgIpc) is 3.10. The summed E-state index contributed by atoms with van der Waals surface area (Å²) in [5.74, 6) is 2.00. The van der Waals surface area contributed by atoms with Gasteiger partial charge in [-0.3, -0.25) is 0 Å². The summed E-state index contributed by atoms with van der Waals surface area (Å²) in [6, 6.07) is 0. The van der Waals surface area contributed by atoms with Crippen LogP contribution in [0.15, 0.2) is 12.5 Å². The van der Waals surface area contributed by atoms with E-state index in [0.717, 1.165) is 21.9 Å². The minimum Gasteiger partial charge on any atom is -0.369 e. The van der Waals surface area contributed by atoms with Crippen LogP contribution >= 0.6 is 22.6 Å². The monoisotopic (exact) mass is 315 g/mol. The summed E-state index contributed by atoms with van der Waals surface area (Å²) in [5.41, 5.74) is 0.633. The highest BCUT2D eigenvalue weighted by Crippen LogP contribution is 2.61. The molecule has 2 aliphatic carbocycles. The quantitative estimate of drug-likeness (QED) is 0.868. The maximum atomic E-state index is 4.26. The van der Waals surface area contributed by atoms with Crippen LogP contribution in [0.25, 0.3) is 0 Å². The minimum atomic E-state index is 0.633. The van der Waals surface area contributed by atoms with Gasteiger partial charge in [0.05, 0.1) is 3.57 Å². The Bertz CT molecular complexity index is 372. The molecule has 2 saturated carbocycles. The van der Waals surface area contributed by atoms with E-state index in [1.165, 1.54) is 25.7 Å². The second-order valence-corrected chi connectivity index (χ2v) is 5.87. The third kappa shape index (κ3) is 1.96. The van der Waals surface area contributed by atoms with Crippen molar-refractivity contribution in [2.75, 3.05) is 11.9 Å². The van der Waals surface area contributed by atoms with E-state index in [4.69, 9.17) is 0 Å². The van der Waals surface area contributed by atoms with Gasteiger partial charge in [-0.05, 0) is 59.6 Å². The summed E-state index contributed by atoms with van der Waals surface area (Å²) < 4.78 is 1.11. The van der Waals surface area contributed by atoms with Gasteiger partial charge in [-0.25, -0.2) is 9.97 Å². The molecule has 0 saturated heterocycles. The van der Waals surface area contributed by atoms with E-state index >= 15 is 0 Å². The van der Waals surface area contributed by atoms with Gasteiger partial charge in [0.2, 0.25) is 0 Å². The summed E-state index contributed by atoms with van der Waals surface area (Å²) >= 11 is 2.28. The van der Waals surface area contributed by atoms with Crippen molar-refractivity contribution < 1.29 is 0 Å². The molecule has 1 aromatic heterocycles. The predicted molar refractivity (Wildman–Crippen MR) is 67.6 cm³/mol. The van der Waals surface area contributed by atoms with Gasteiger partial charge in [-0.1, -0.05) is 0 Å². The van der Waals surface area contributed by atoms with Crippen LogP contribution in [0.1, 0.15) is 25.7 Å². The van der Waals surface area contributed by atoms with Crippen molar-refractivity contribution >= 4 is 28.4 Å². The Hall–Kier alpha value is -0.390. The summed E-state index contributed by atoms with van der Waals surface area (Å²) in [6.07, 6.45) is 9.18. The number of anilines is 1. The van der Waals surface area contributed by atoms with Crippen LogP contribution in [-0.4, -0.2) is 16.5 Å². The Morgan fingerprint density at radius 2 is 2.27 bits per heavy atom. The smallest absolute Gasteiger partial charge is 0.142 e. The number of halogens is 1. The molecule has 2 aliphatic rings. The standard InChI is InChI=1S/C11H14IN3/c12-9-5-13-7-15-10(9)14-6-11(3-4-11)8-1-2-8/h5,7-8H,1-4,6H2,(H,13,14,15). The molecular formula is C11H14IN3. The first-order chi connectivity index (χ1) is 7.30. The lowest BCUT2D eigenvalue weighted by atomic mass is 10.0. The fraction of sp³-hybridized carbons (Fsp3) is 0.636. The number of hydrogen-bond donors (Lipinski definition) is 1. The molecule has 0 spiro atoms. The average molecular weight is 315 g/mol. The van der Waals surface area contributed by atoms with Crippen molar-refractivity contribution in [2.24, 2.45) is 11.3 Å². The van der Waals surface area contributed by atoms with Crippen LogP contribution in [0, 0.1) is 14.9 Å². The van der Waals surface area contributed by atoms with Crippen LogP contribution in [0.3, 0.4) is 0 Å². The highest BCUT2D eigenvalue weighted by Gasteiger charge is 2.53. The molecular weight excluding hydrogens is 301 g/mol. The van der Waals surface area contributed by atoms with Crippen molar-refractivity contribution in [1.29, 1.82) is 0 Å². The maximum Gasteiger partial charge on any atom is 0.142 e. The number of aromatic nitrogens is 2. The fourth-order valence-electron chi connectivity index (χ4n) is 2.29. The van der Waals surface area contributed by atoms with Crippen molar-refractivity contribution in [3.63, 3.8) is 0 Å². The molecule has 1 aromatic rings. The molecule has 3 rings (SSSR count). The number of hydrogen-bond acceptors (Lipinski definition) is 3. The molecule has 3 nitrogen and oxygen atoms in total. The molecule has 0 aromatic carbocycles. The Balaban J connectivity index is 1.64. The summed E-state index contributed by atoms with van der Waals surface area (Å²) in [7, 11) is 0. The first-order valence-electron chi connectivity index (χ1n) is 5.50. The lowest BCUT2D eigenvalue weighted by molar-refractivity contribution is 0.466. The first-order valence-corrected chi connectivity index (χ1v) is 6.57. The van der Waals surface area contributed by atoms with E-state index in [-0.39, 0.29) is 0 Å². The normalized spacial score (nSPS) is 22.5. The molecule has 0 amide bonds. The number of rotatable bonds is 4. The highest BCUT2D eigenvalue weighted by atomic mass is 127. The van der Waals surface area contributed by atoms with Gasteiger partial charge in [0.1, 0.15) is 12.1 Å². The molecule has 1 heterocycles. The zero-order chi connectivity index (χ0) is 10.3. The van der Waals surface area contributed by atoms with Crippen molar-refractivity contribution in [1.82, 2.24) is 9.97 Å². The molecule has 2 fully saturated rings. The van der Waals surface area contributed by atoms with Crippen LogP contribution in [-0.2, 0) is 0 Å². The first kappa shape index (κ1) is 9.81. The van der Waals surface area contributed by atoms with E-state index in [9.17, 15) is 0 Å². The molecule has 0 bridgehead atoms. The number of nitrogens with zero attached hydrogens (tertiary/aromatic N) is 2. The summed E-state index contributed by atoms with van der Waals surface area (Å²) in [4.78, 5) is 8.25. The highest BCUT2D eigenvalue weighted by molar-refractivity contribution is 14.1. The Morgan fingerprint density at radius 1 is 1.47 bits per heavy atom. The van der Waals surface area contributed by atoms with Gasteiger partial charge in [-0.2, -0.15) is 0 Å². The van der Waals surface area contributed by atoms with Crippen molar-refractivity contribution in [3.05, 3.63) is 16.1 Å². The Labute approximate surface area is 103 Å². The van der Waals surface area contributed by atoms with Crippen molar-refractivity contribution in [3.8, 4) is 0 Å². The van der Waals surface area contributed by atoms with Gasteiger partial charge in [-0.15, -0.1) is 0 Å². The second-order valence-electron chi connectivity index (χ2n) is 4.71. The summed E-state index contributed by atoms with van der Waals surface area (Å²) in [5, 5.41) is 3.48. The van der Waals surface area contributed by atoms with E-state index in [1.54, 1.807) is 6.33 Å². The zero-order valence-electron chi connectivity index (χ0n) is 8.54. The zero-order valence-corrected chi connectivity index (χ0v) is 10.7. The van der Waals surface area contributed by atoms with Gasteiger partial charge in [0.25, 0.3) is 0 Å². The van der Waals surface area contributed by atoms with E-state index in [0.29, 0.717) is 5.41 Å². The Kier molecular flexibility index (Phi) is 2.34. The van der Waals surface area contributed by atoms with Crippen molar-refractivity contribution in [2.45, 2.75) is 25.7 Å². The molecule has 0 unspecified atom stereocenters. The van der Waals surface area contributed by atoms with Gasteiger partial charge in [0, 0.05) is 12.7 Å². The molecule has 1 N–H and O–H groups in total. The third-order valence-corrected chi connectivity index (χ3v) is 4.40. The fourth-order valence-corrected chi connectivity index (χ4v) is 2.78. The molecule has 80 valence electrons. The van der Waals surface area contributed by atoms with Crippen LogP contribution in [0.5, 0.6) is 0 Å².